The van der Waals surface area contributed by atoms with Crippen LogP contribution in [0.5, 0.6) is 5.75 Å². The molecular formula is C25H21FOP+. The summed E-state index contributed by atoms with van der Waals surface area (Å²) in [6.45, 7) is 0. The summed E-state index contributed by atoms with van der Waals surface area (Å²) in [5.41, 5.74) is 0.630. The second kappa shape index (κ2) is 7.96. The van der Waals surface area contributed by atoms with E-state index >= 15 is 0 Å². The fourth-order valence-electron chi connectivity index (χ4n) is 3.70. The molecule has 1 nitrogen and oxygen atoms in total. The minimum Gasteiger partial charge on any atom is -0.508 e. The van der Waals surface area contributed by atoms with Gasteiger partial charge in [-0.1, -0.05) is 54.6 Å². The molecule has 0 aliphatic carbocycles. The fourth-order valence-corrected chi connectivity index (χ4v) is 7.95. The van der Waals surface area contributed by atoms with Crippen LogP contribution in [0.2, 0.25) is 0 Å². The van der Waals surface area contributed by atoms with E-state index in [2.05, 4.69) is 36.4 Å². The highest BCUT2D eigenvalue weighted by molar-refractivity contribution is 7.95. The van der Waals surface area contributed by atoms with Crippen molar-refractivity contribution < 1.29 is 9.50 Å². The van der Waals surface area contributed by atoms with Gasteiger partial charge in [0.2, 0.25) is 0 Å². The predicted molar refractivity (Wildman–Crippen MR) is 117 cm³/mol. The molecule has 0 saturated carbocycles. The van der Waals surface area contributed by atoms with Gasteiger partial charge in [-0.3, -0.25) is 0 Å². The highest BCUT2D eigenvalue weighted by Gasteiger charge is 2.45. The molecular weight excluding hydrogens is 366 g/mol. The zero-order chi connectivity index (χ0) is 19.4. The van der Waals surface area contributed by atoms with Crippen LogP contribution in [0.25, 0.3) is 0 Å². The molecule has 0 atom stereocenters. The maximum atomic E-state index is 14.0. The number of rotatable bonds is 5. The molecule has 0 saturated heterocycles. The summed E-state index contributed by atoms with van der Waals surface area (Å²) in [4.78, 5) is 0. The Morgan fingerprint density at radius 3 is 1.46 bits per heavy atom. The summed E-state index contributed by atoms with van der Waals surface area (Å²) in [6, 6.07) is 35.3. The standard InChI is InChI=1S/C25H20FOP/c26-21-16-17-25(27)20(18-21)19-28(22-10-4-1-5-11-22,23-12-6-2-7-13-23)24-14-8-3-9-15-24/h1-18H,19H2/p+1. The lowest BCUT2D eigenvalue weighted by Crippen LogP contribution is -2.32. The third-order valence-electron chi connectivity index (χ3n) is 5.04. The molecule has 0 amide bonds. The number of hydrogen-bond acceptors (Lipinski definition) is 1. The van der Waals surface area contributed by atoms with E-state index in [1.807, 2.05) is 54.6 Å². The van der Waals surface area contributed by atoms with Gasteiger partial charge in [0.25, 0.3) is 0 Å². The highest BCUT2D eigenvalue weighted by atomic mass is 31.2. The molecule has 0 fully saturated rings. The molecule has 1 N–H and O–H groups in total. The van der Waals surface area contributed by atoms with Crippen molar-refractivity contribution in [3.63, 3.8) is 0 Å². The third kappa shape index (κ3) is 3.44. The maximum absolute atomic E-state index is 14.0. The Labute approximate surface area is 165 Å². The van der Waals surface area contributed by atoms with Crippen molar-refractivity contribution >= 4 is 23.2 Å². The first-order chi connectivity index (χ1) is 13.7. The second-order valence-electron chi connectivity index (χ2n) is 6.75. The number of hydrogen-bond donors (Lipinski definition) is 1. The van der Waals surface area contributed by atoms with Crippen LogP contribution in [0.15, 0.2) is 109 Å². The topological polar surface area (TPSA) is 20.2 Å². The summed E-state index contributed by atoms with van der Waals surface area (Å²) in [7, 11) is -2.15. The van der Waals surface area contributed by atoms with Crippen LogP contribution in [0.3, 0.4) is 0 Å². The first-order valence-electron chi connectivity index (χ1n) is 9.22. The van der Waals surface area contributed by atoms with Crippen LogP contribution in [0, 0.1) is 5.82 Å². The van der Waals surface area contributed by atoms with E-state index in [0.29, 0.717) is 11.7 Å². The Bertz CT molecular complexity index is 953. The summed E-state index contributed by atoms with van der Waals surface area (Å²) in [5.74, 6) is -0.200. The van der Waals surface area contributed by atoms with Crippen LogP contribution in [-0.2, 0) is 6.16 Å². The largest absolute Gasteiger partial charge is 0.508 e. The maximum Gasteiger partial charge on any atom is 0.123 e. The molecule has 4 aromatic carbocycles. The molecule has 138 valence electrons. The lowest BCUT2D eigenvalue weighted by Gasteiger charge is -2.28. The van der Waals surface area contributed by atoms with Crippen molar-refractivity contribution in [2.75, 3.05) is 0 Å². The van der Waals surface area contributed by atoms with Gasteiger partial charge in [0.15, 0.2) is 0 Å². The van der Waals surface area contributed by atoms with Crippen molar-refractivity contribution in [1.82, 2.24) is 0 Å². The fraction of sp³-hybridized carbons (Fsp3) is 0.0400. The first-order valence-corrected chi connectivity index (χ1v) is 11.2. The Balaban J connectivity index is 2.02. The average Bonchev–Trinajstić information content (AvgIpc) is 2.76. The van der Waals surface area contributed by atoms with Crippen molar-refractivity contribution in [3.05, 3.63) is 121 Å². The van der Waals surface area contributed by atoms with Gasteiger partial charge in [-0.15, -0.1) is 0 Å². The normalized spacial score (nSPS) is 11.3. The van der Waals surface area contributed by atoms with Crippen LogP contribution < -0.4 is 15.9 Å². The number of benzene rings is 4. The highest BCUT2D eigenvalue weighted by Crippen LogP contribution is 2.58. The van der Waals surface area contributed by atoms with Crippen molar-refractivity contribution in [2.45, 2.75) is 6.16 Å². The Kier molecular flexibility index (Phi) is 5.23. The van der Waals surface area contributed by atoms with E-state index in [1.165, 1.54) is 34.1 Å². The van der Waals surface area contributed by atoms with E-state index < -0.39 is 7.26 Å². The Morgan fingerprint density at radius 1 is 0.607 bits per heavy atom. The summed E-state index contributed by atoms with van der Waals surface area (Å²) in [5, 5.41) is 14.1. The Hall–Kier alpha value is -2.96. The van der Waals surface area contributed by atoms with Crippen molar-refractivity contribution in [2.24, 2.45) is 0 Å². The van der Waals surface area contributed by atoms with E-state index in [9.17, 15) is 9.50 Å². The average molecular weight is 387 g/mol. The van der Waals surface area contributed by atoms with E-state index in [1.54, 1.807) is 0 Å². The van der Waals surface area contributed by atoms with Gasteiger partial charge in [0.05, 0.1) is 0 Å². The third-order valence-corrected chi connectivity index (χ3v) is 9.39. The van der Waals surface area contributed by atoms with Crippen molar-refractivity contribution in [3.8, 4) is 5.75 Å². The van der Waals surface area contributed by atoms with Gasteiger partial charge < -0.3 is 5.11 Å². The summed E-state index contributed by atoms with van der Waals surface area (Å²) in [6.07, 6.45) is 0.550. The van der Waals surface area contributed by atoms with Crippen LogP contribution >= 0.6 is 7.26 Å². The van der Waals surface area contributed by atoms with Crippen molar-refractivity contribution in [1.29, 1.82) is 0 Å². The first kappa shape index (κ1) is 18.4. The Morgan fingerprint density at radius 2 is 1.04 bits per heavy atom. The van der Waals surface area contributed by atoms with Crippen LogP contribution in [0.4, 0.5) is 4.39 Å². The molecule has 0 heterocycles. The monoisotopic (exact) mass is 387 g/mol. The van der Waals surface area contributed by atoms with Crippen LogP contribution in [0.1, 0.15) is 5.56 Å². The molecule has 0 unspecified atom stereocenters. The molecule has 0 aromatic heterocycles. The number of phenols is 1. The summed E-state index contributed by atoms with van der Waals surface area (Å²) < 4.78 is 14.0. The van der Waals surface area contributed by atoms with Gasteiger partial charge in [0, 0.05) is 5.56 Å². The molecule has 4 rings (SSSR count). The molecule has 28 heavy (non-hydrogen) atoms. The zero-order valence-corrected chi connectivity index (χ0v) is 16.3. The molecule has 0 bridgehead atoms. The van der Waals surface area contributed by atoms with E-state index in [-0.39, 0.29) is 11.6 Å². The molecule has 4 aromatic rings. The zero-order valence-electron chi connectivity index (χ0n) is 15.4. The molecule has 0 radical (unpaired) electrons. The molecule has 0 aliphatic heterocycles. The van der Waals surface area contributed by atoms with Gasteiger partial charge in [-0.05, 0) is 54.6 Å². The minimum atomic E-state index is -2.15. The van der Waals surface area contributed by atoms with Gasteiger partial charge in [-0.2, -0.15) is 0 Å². The number of halogens is 1. The smallest absolute Gasteiger partial charge is 0.123 e. The minimum absolute atomic E-state index is 0.133. The van der Waals surface area contributed by atoms with E-state index in [4.69, 9.17) is 0 Å². The van der Waals surface area contributed by atoms with Gasteiger partial charge in [-0.25, -0.2) is 4.39 Å². The van der Waals surface area contributed by atoms with Gasteiger partial charge >= 0.3 is 0 Å². The van der Waals surface area contributed by atoms with Gasteiger partial charge in [0.1, 0.15) is 40.9 Å². The van der Waals surface area contributed by atoms with E-state index in [0.717, 1.165) is 0 Å². The number of aromatic hydroxyl groups is 1. The predicted octanol–water partition coefficient (Wildman–Crippen LogP) is 5.03. The van der Waals surface area contributed by atoms with Crippen LogP contribution in [-0.4, -0.2) is 5.11 Å². The SMILES string of the molecule is Oc1ccc(F)cc1C[P+](c1ccccc1)(c1ccccc1)c1ccccc1. The molecule has 0 spiro atoms. The quantitative estimate of drug-likeness (QED) is 0.477. The molecule has 3 heteroatoms. The lowest BCUT2D eigenvalue weighted by molar-refractivity contribution is 0.468. The summed E-state index contributed by atoms with van der Waals surface area (Å²) >= 11 is 0. The lowest BCUT2D eigenvalue weighted by atomic mass is 10.2. The number of phenolic OH excluding ortho intramolecular Hbond substituents is 1. The second-order valence-corrected chi connectivity index (χ2v) is 10.2. The molecule has 0 aliphatic rings.